The van der Waals surface area contributed by atoms with Crippen molar-refractivity contribution in [3.8, 4) is 16.9 Å². The summed E-state index contributed by atoms with van der Waals surface area (Å²) in [6.07, 6.45) is 6.72. The van der Waals surface area contributed by atoms with Gasteiger partial charge in [-0.05, 0) is 60.9 Å². The van der Waals surface area contributed by atoms with Gasteiger partial charge in [-0.1, -0.05) is 84.9 Å². The van der Waals surface area contributed by atoms with Gasteiger partial charge in [0, 0.05) is 30.8 Å². The number of aromatic nitrogens is 1. The normalized spacial score (nSPS) is 15.3. The Labute approximate surface area is 300 Å². The number of hydrogen-bond acceptors (Lipinski definition) is 8. The number of fused-ring (bicyclic) bond motifs is 1. The standard InChI is InChI=1S/C32H33N3O6.C8H9NO2/c1-39-29-19-28-30(18-23(29)20-36)41-32(38)35(28)16-6-5-7-21-10-15-26(22-8-3-2-4-9-22)27(17-21)34-31(37)40-25-13-11-24(33)12-14-25;10-8(11)9-6-7-4-2-1-3-5-7/h2-5,7-10,15,17-20,24-25H,6,11-14,16,33H2,1H3,(H,34,37);1-5,9H,6H2,(H,10,11). The van der Waals surface area contributed by atoms with E-state index in [0.29, 0.717) is 53.9 Å². The van der Waals surface area contributed by atoms with E-state index in [1.807, 2.05) is 91.0 Å². The fraction of sp³-hybridized carbons (Fsp3) is 0.250. The predicted molar refractivity (Wildman–Crippen MR) is 200 cm³/mol. The van der Waals surface area contributed by atoms with Gasteiger partial charge in [-0.2, -0.15) is 0 Å². The average Bonchev–Trinajstić information content (AvgIpc) is 3.47. The van der Waals surface area contributed by atoms with Crippen LogP contribution in [0.4, 0.5) is 15.3 Å². The lowest BCUT2D eigenvalue weighted by Gasteiger charge is -2.26. The number of allylic oxidation sites excluding steroid dienone is 1. The fourth-order valence-corrected chi connectivity index (χ4v) is 5.92. The number of rotatable bonds is 11. The van der Waals surface area contributed by atoms with Crippen LogP contribution < -0.4 is 26.9 Å². The predicted octanol–water partition coefficient (Wildman–Crippen LogP) is 7.46. The monoisotopic (exact) mass is 706 g/mol. The van der Waals surface area contributed by atoms with Crippen LogP contribution in [0.15, 0.2) is 106 Å². The molecular weight excluding hydrogens is 664 g/mol. The lowest BCUT2D eigenvalue weighted by molar-refractivity contribution is 0.0826. The lowest BCUT2D eigenvalue weighted by Crippen LogP contribution is -2.32. The minimum atomic E-state index is -0.992. The second-order valence-corrected chi connectivity index (χ2v) is 12.3. The quantitative estimate of drug-likeness (QED) is 0.102. The Hall–Kier alpha value is -6.14. The van der Waals surface area contributed by atoms with Crippen molar-refractivity contribution >= 4 is 41.3 Å². The van der Waals surface area contributed by atoms with Crippen molar-refractivity contribution in [1.82, 2.24) is 9.88 Å². The first-order valence-electron chi connectivity index (χ1n) is 17.0. The number of aryl methyl sites for hydroxylation is 1. The van der Waals surface area contributed by atoms with Gasteiger partial charge >= 0.3 is 17.9 Å². The molecule has 1 saturated carbocycles. The third-order valence-corrected chi connectivity index (χ3v) is 8.62. The number of nitrogens with two attached hydrogens (primary N) is 1. The number of nitrogens with zero attached hydrogens (tertiary/aromatic N) is 1. The molecule has 0 radical (unpaired) electrons. The third kappa shape index (κ3) is 10.2. The molecule has 0 saturated heterocycles. The van der Waals surface area contributed by atoms with Gasteiger partial charge in [-0.15, -0.1) is 0 Å². The molecular formula is C40H42N4O8. The molecule has 4 aromatic carbocycles. The van der Waals surface area contributed by atoms with Crippen molar-refractivity contribution in [3.05, 3.63) is 124 Å². The Bertz CT molecular complexity index is 2050. The van der Waals surface area contributed by atoms with Gasteiger partial charge in [-0.3, -0.25) is 14.7 Å². The molecule has 5 aromatic rings. The highest BCUT2D eigenvalue weighted by molar-refractivity contribution is 5.92. The minimum absolute atomic E-state index is 0.134. The Morgan fingerprint density at radius 1 is 0.981 bits per heavy atom. The first-order chi connectivity index (χ1) is 25.2. The van der Waals surface area contributed by atoms with Crippen LogP contribution in [0.5, 0.6) is 5.75 Å². The average molecular weight is 707 g/mol. The van der Waals surface area contributed by atoms with E-state index in [0.717, 1.165) is 47.9 Å². The molecule has 6 rings (SSSR count). The summed E-state index contributed by atoms with van der Waals surface area (Å²) in [7, 11) is 1.47. The van der Waals surface area contributed by atoms with Crippen molar-refractivity contribution in [2.75, 3.05) is 12.4 Å². The zero-order valence-corrected chi connectivity index (χ0v) is 28.8. The molecule has 2 amide bonds. The summed E-state index contributed by atoms with van der Waals surface area (Å²) in [6, 6.07) is 28.4. The van der Waals surface area contributed by atoms with E-state index in [4.69, 9.17) is 24.7 Å². The summed E-state index contributed by atoms with van der Waals surface area (Å²) in [5.41, 5.74) is 11.5. The number of carboxylic acid groups (broad SMARTS) is 1. The maximum Gasteiger partial charge on any atom is 0.419 e. The van der Waals surface area contributed by atoms with Crippen molar-refractivity contribution in [2.24, 2.45) is 5.73 Å². The molecule has 1 aromatic heterocycles. The Morgan fingerprint density at radius 2 is 1.69 bits per heavy atom. The van der Waals surface area contributed by atoms with E-state index in [1.165, 1.54) is 17.7 Å². The molecule has 0 bridgehead atoms. The highest BCUT2D eigenvalue weighted by Gasteiger charge is 2.22. The molecule has 0 spiro atoms. The number of benzene rings is 4. The van der Waals surface area contributed by atoms with Crippen molar-refractivity contribution in [1.29, 1.82) is 0 Å². The summed E-state index contributed by atoms with van der Waals surface area (Å²) < 4.78 is 17.8. The highest BCUT2D eigenvalue weighted by Crippen LogP contribution is 2.30. The van der Waals surface area contributed by atoms with E-state index in [-0.39, 0.29) is 12.1 Å². The largest absolute Gasteiger partial charge is 0.496 e. The number of methoxy groups -OCH3 is 1. The van der Waals surface area contributed by atoms with Crippen LogP contribution in [0.1, 0.15) is 53.6 Å². The van der Waals surface area contributed by atoms with E-state index in [1.54, 1.807) is 6.07 Å². The summed E-state index contributed by atoms with van der Waals surface area (Å²) in [5, 5.41) is 13.5. The van der Waals surface area contributed by atoms with Crippen LogP contribution in [0, 0.1) is 0 Å². The van der Waals surface area contributed by atoms with Gasteiger partial charge in [0.1, 0.15) is 11.9 Å². The summed E-state index contributed by atoms with van der Waals surface area (Å²) >= 11 is 0. The van der Waals surface area contributed by atoms with Gasteiger partial charge in [0.05, 0.1) is 23.9 Å². The fourth-order valence-electron chi connectivity index (χ4n) is 5.92. The molecule has 0 atom stereocenters. The molecule has 5 N–H and O–H groups in total. The number of amides is 2. The van der Waals surface area contributed by atoms with Crippen LogP contribution in [0.2, 0.25) is 0 Å². The molecule has 1 aliphatic rings. The first kappa shape index (κ1) is 37.1. The lowest BCUT2D eigenvalue weighted by atomic mass is 9.94. The van der Waals surface area contributed by atoms with Gasteiger partial charge in [0.2, 0.25) is 0 Å². The van der Waals surface area contributed by atoms with Gasteiger partial charge in [0.15, 0.2) is 11.9 Å². The van der Waals surface area contributed by atoms with Gasteiger partial charge in [0.25, 0.3) is 0 Å². The van der Waals surface area contributed by atoms with Crippen molar-refractivity contribution < 1.29 is 33.4 Å². The molecule has 0 aliphatic heterocycles. The summed E-state index contributed by atoms with van der Waals surface area (Å²) in [6.45, 7) is 0.743. The zero-order chi connectivity index (χ0) is 36.9. The number of carbonyl (C=O) groups is 3. The van der Waals surface area contributed by atoms with Gasteiger partial charge in [-0.25, -0.2) is 14.4 Å². The zero-order valence-electron chi connectivity index (χ0n) is 28.8. The van der Waals surface area contributed by atoms with Crippen LogP contribution in [-0.2, 0) is 17.8 Å². The number of carbonyl (C=O) groups excluding carboxylic acids is 2. The maximum absolute atomic E-state index is 12.8. The number of nitrogens with one attached hydrogen (secondary N) is 2. The van der Waals surface area contributed by atoms with E-state index in [9.17, 15) is 19.2 Å². The van der Waals surface area contributed by atoms with Crippen LogP contribution in [0.3, 0.4) is 0 Å². The van der Waals surface area contributed by atoms with Crippen LogP contribution in [0.25, 0.3) is 28.3 Å². The summed E-state index contributed by atoms with van der Waals surface area (Å²) in [4.78, 5) is 46.7. The molecule has 270 valence electrons. The molecule has 0 unspecified atom stereocenters. The molecule has 1 aliphatic carbocycles. The second-order valence-electron chi connectivity index (χ2n) is 12.3. The smallest absolute Gasteiger partial charge is 0.419 e. The van der Waals surface area contributed by atoms with Gasteiger partial charge < -0.3 is 30.0 Å². The SMILES string of the molecule is COc1cc2c(cc1C=O)oc(=O)n2CCC=Cc1ccc(-c2ccccc2)c(NC(=O)OC2CCC(N)CC2)c1.O=C(O)NCc1ccccc1. The van der Waals surface area contributed by atoms with E-state index >= 15 is 0 Å². The second kappa shape index (κ2) is 18.2. The minimum Gasteiger partial charge on any atom is -0.496 e. The number of aldehydes is 1. The molecule has 52 heavy (non-hydrogen) atoms. The third-order valence-electron chi connectivity index (χ3n) is 8.62. The Kier molecular flexibility index (Phi) is 13.0. The number of anilines is 1. The molecule has 12 nitrogen and oxygen atoms in total. The Morgan fingerprint density at radius 3 is 2.37 bits per heavy atom. The maximum atomic E-state index is 12.8. The summed E-state index contributed by atoms with van der Waals surface area (Å²) in [5.74, 6) is -0.127. The molecule has 1 heterocycles. The van der Waals surface area contributed by atoms with Crippen molar-refractivity contribution in [3.63, 3.8) is 0 Å². The van der Waals surface area contributed by atoms with E-state index < -0.39 is 17.9 Å². The van der Waals surface area contributed by atoms with E-state index in [2.05, 4.69) is 10.6 Å². The molecule has 12 heteroatoms. The molecule has 1 fully saturated rings. The first-order valence-corrected chi connectivity index (χ1v) is 17.0. The van der Waals surface area contributed by atoms with Crippen molar-refractivity contribution in [2.45, 2.75) is 57.3 Å². The number of oxazole rings is 1. The van der Waals surface area contributed by atoms with Crippen LogP contribution >= 0.6 is 0 Å². The highest BCUT2D eigenvalue weighted by atomic mass is 16.6. The van der Waals surface area contributed by atoms with Crippen LogP contribution in [-0.4, -0.2) is 47.4 Å². The topological polar surface area (TPSA) is 175 Å². The Balaban J connectivity index is 0.000000407. The number of ether oxygens (including phenoxy) is 2. The number of hydrogen-bond donors (Lipinski definition) is 4.